The summed E-state index contributed by atoms with van der Waals surface area (Å²) in [6, 6.07) is 6.89. The molecule has 1 saturated heterocycles. The third-order valence-corrected chi connectivity index (χ3v) is 8.53. The van der Waals surface area contributed by atoms with Gasteiger partial charge in [-0.25, -0.2) is 0 Å². The SMILES string of the molecule is O=C1C2C3CC(C(Br)C3Br)C2C(=O)N1c1ccc(Cl)cc1. The first-order chi connectivity index (χ1) is 10.0. The molecule has 1 aliphatic heterocycles. The van der Waals surface area contributed by atoms with Crippen LogP contribution in [-0.2, 0) is 9.59 Å². The number of carbonyl (C=O) groups is 2. The van der Waals surface area contributed by atoms with E-state index >= 15 is 0 Å². The molecular formula is C15H12Br2ClNO2. The van der Waals surface area contributed by atoms with E-state index in [1.54, 1.807) is 24.3 Å². The van der Waals surface area contributed by atoms with E-state index in [9.17, 15) is 9.59 Å². The summed E-state index contributed by atoms with van der Waals surface area (Å²) in [5.74, 6) is 0.0521. The highest BCUT2D eigenvalue weighted by molar-refractivity contribution is 9.12. The molecule has 0 spiro atoms. The van der Waals surface area contributed by atoms with Crippen molar-refractivity contribution in [3.63, 3.8) is 0 Å². The van der Waals surface area contributed by atoms with Crippen molar-refractivity contribution < 1.29 is 9.59 Å². The number of alkyl halides is 2. The van der Waals surface area contributed by atoms with E-state index in [2.05, 4.69) is 31.9 Å². The summed E-state index contributed by atoms with van der Waals surface area (Å²) in [4.78, 5) is 27.4. The number of anilines is 1. The van der Waals surface area contributed by atoms with Crippen LogP contribution in [0, 0.1) is 23.7 Å². The van der Waals surface area contributed by atoms with Crippen molar-refractivity contribution in [3.8, 4) is 0 Å². The van der Waals surface area contributed by atoms with Gasteiger partial charge >= 0.3 is 0 Å². The van der Waals surface area contributed by atoms with Crippen LogP contribution in [0.4, 0.5) is 5.69 Å². The van der Waals surface area contributed by atoms with Crippen LogP contribution in [-0.4, -0.2) is 21.5 Å². The fourth-order valence-corrected chi connectivity index (χ4v) is 6.19. The molecule has 110 valence electrons. The first kappa shape index (κ1) is 14.2. The lowest BCUT2D eigenvalue weighted by Gasteiger charge is -2.28. The Hall–Kier alpha value is -0.390. The molecule has 6 atom stereocenters. The van der Waals surface area contributed by atoms with Crippen molar-refractivity contribution in [2.75, 3.05) is 4.90 Å². The lowest BCUT2D eigenvalue weighted by molar-refractivity contribution is -0.123. The van der Waals surface area contributed by atoms with Crippen molar-refractivity contribution in [1.82, 2.24) is 0 Å². The molecule has 4 rings (SSSR count). The van der Waals surface area contributed by atoms with Crippen LogP contribution in [0.15, 0.2) is 24.3 Å². The van der Waals surface area contributed by atoms with E-state index in [0.29, 0.717) is 10.7 Å². The van der Waals surface area contributed by atoms with Crippen molar-refractivity contribution in [2.24, 2.45) is 23.7 Å². The number of rotatable bonds is 1. The third kappa shape index (κ3) is 1.83. The van der Waals surface area contributed by atoms with E-state index in [4.69, 9.17) is 11.6 Å². The summed E-state index contributed by atoms with van der Waals surface area (Å²) >= 11 is 13.2. The van der Waals surface area contributed by atoms with Crippen LogP contribution in [0.1, 0.15) is 6.42 Å². The first-order valence-corrected chi connectivity index (χ1v) is 9.13. The standard InChI is InChI=1S/C15H12Br2ClNO2/c16-12-8-5-9(13(12)17)11-10(8)14(20)19(15(11)21)7-3-1-6(18)2-4-7/h1-4,8-13H,5H2. The van der Waals surface area contributed by atoms with Crippen molar-refractivity contribution in [3.05, 3.63) is 29.3 Å². The number of fused-ring (bicyclic) bond motifs is 5. The topological polar surface area (TPSA) is 37.4 Å². The zero-order valence-electron chi connectivity index (χ0n) is 10.9. The van der Waals surface area contributed by atoms with Gasteiger partial charge in [-0.1, -0.05) is 43.5 Å². The Morgan fingerprint density at radius 1 is 0.952 bits per heavy atom. The van der Waals surface area contributed by atoms with Crippen LogP contribution < -0.4 is 4.90 Å². The van der Waals surface area contributed by atoms with Crippen LogP contribution in [0.2, 0.25) is 5.02 Å². The summed E-state index contributed by atoms with van der Waals surface area (Å²) in [5, 5.41) is 0.596. The van der Waals surface area contributed by atoms with E-state index in [0.717, 1.165) is 6.42 Å². The third-order valence-electron chi connectivity index (χ3n) is 5.07. The summed E-state index contributed by atoms with van der Waals surface area (Å²) in [6.07, 6.45) is 0.951. The van der Waals surface area contributed by atoms with E-state index in [1.807, 2.05) is 0 Å². The molecule has 2 saturated carbocycles. The van der Waals surface area contributed by atoms with Gasteiger partial charge in [-0.3, -0.25) is 14.5 Å². The maximum Gasteiger partial charge on any atom is 0.238 e. The molecular weight excluding hydrogens is 421 g/mol. The number of halogens is 3. The number of carbonyl (C=O) groups excluding carboxylic acids is 2. The molecule has 1 aromatic carbocycles. The molecule has 2 aliphatic carbocycles. The van der Waals surface area contributed by atoms with E-state index in [1.165, 1.54) is 4.90 Å². The Morgan fingerprint density at radius 3 is 1.90 bits per heavy atom. The second kappa shape index (κ2) is 4.80. The molecule has 6 heteroatoms. The van der Waals surface area contributed by atoms with Crippen molar-refractivity contribution in [1.29, 1.82) is 0 Å². The molecule has 3 nitrogen and oxygen atoms in total. The fourth-order valence-electron chi connectivity index (χ4n) is 4.19. The second-order valence-electron chi connectivity index (χ2n) is 5.99. The molecule has 0 radical (unpaired) electrons. The van der Waals surface area contributed by atoms with Gasteiger partial charge in [-0.15, -0.1) is 0 Å². The number of imide groups is 1. The van der Waals surface area contributed by atoms with Gasteiger partial charge < -0.3 is 0 Å². The number of hydrogen-bond donors (Lipinski definition) is 0. The molecule has 2 bridgehead atoms. The highest BCUT2D eigenvalue weighted by Crippen LogP contribution is 2.60. The molecule has 0 N–H and O–H groups in total. The van der Waals surface area contributed by atoms with Gasteiger partial charge in [0, 0.05) is 14.7 Å². The average Bonchev–Trinajstić information content (AvgIpc) is 3.06. The van der Waals surface area contributed by atoms with Crippen molar-refractivity contribution in [2.45, 2.75) is 16.1 Å². The monoisotopic (exact) mass is 431 g/mol. The Balaban J connectivity index is 1.73. The number of amides is 2. The van der Waals surface area contributed by atoms with Gasteiger partial charge in [-0.05, 0) is 42.5 Å². The Morgan fingerprint density at radius 2 is 1.43 bits per heavy atom. The molecule has 1 aromatic rings. The maximum atomic E-state index is 12.8. The molecule has 2 amide bonds. The second-order valence-corrected chi connectivity index (χ2v) is 8.54. The lowest BCUT2D eigenvalue weighted by atomic mass is 9.81. The van der Waals surface area contributed by atoms with Crippen LogP contribution in [0.3, 0.4) is 0 Å². The Kier molecular flexibility index (Phi) is 3.25. The zero-order chi connectivity index (χ0) is 14.9. The predicted octanol–water partition coefficient (Wildman–Crippen LogP) is 3.62. The number of benzene rings is 1. The minimum atomic E-state index is -0.170. The largest absolute Gasteiger partial charge is 0.274 e. The van der Waals surface area contributed by atoms with Crippen LogP contribution in [0.25, 0.3) is 0 Å². The van der Waals surface area contributed by atoms with Crippen LogP contribution >= 0.6 is 43.5 Å². The predicted molar refractivity (Wildman–Crippen MR) is 88.0 cm³/mol. The van der Waals surface area contributed by atoms with Gasteiger partial charge in [0.1, 0.15) is 0 Å². The molecule has 3 aliphatic rings. The Labute approximate surface area is 144 Å². The quantitative estimate of drug-likeness (QED) is 0.501. The smallest absolute Gasteiger partial charge is 0.238 e. The highest BCUT2D eigenvalue weighted by atomic mass is 79.9. The normalized spacial score (nSPS) is 41.0. The van der Waals surface area contributed by atoms with Crippen LogP contribution in [0.5, 0.6) is 0 Å². The van der Waals surface area contributed by atoms with E-state index < -0.39 is 0 Å². The zero-order valence-corrected chi connectivity index (χ0v) is 14.8. The summed E-state index contributed by atoms with van der Waals surface area (Å²) in [5.41, 5.74) is 0.625. The average molecular weight is 434 g/mol. The highest BCUT2D eigenvalue weighted by Gasteiger charge is 2.66. The lowest BCUT2D eigenvalue weighted by Crippen LogP contribution is -2.37. The van der Waals surface area contributed by atoms with Gasteiger partial charge in [0.2, 0.25) is 11.8 Å². The van der Waals surface area contributed by atoms with Gasteiger partial charge in [0.05, 0.1) is 17.5 Å². The molecule has 6 unspecified atom stereocenters. The molecule has 3 fully saturated rings. The summed E-state index contributed by atoms with van der Waals surface area (Å²) in [6.45, 7) is 0. The van der Waals surface area contributed by atoms with Gasteiger partial charge in [-0.2, -0.15) is 0 Å². The van der Waals surface area contributed by atoms with E-state index in [-0.39, 0.29) is 45.1 Å². The number of hydrogen-bond acceptors (Lipinski definition) is 2. The van der Waals surface area contributed by atoms with Gasteiger partial charge in [0.15, 0.2) is 0 Å². The summed E-state index contributed by atoms with van der Waals surface area (Å²) in [7, 11) is 0. The number of nitrogens with zero attached hydrogens (tertiary/aromatic N) is 1. The van der Waals surface area contributed by atoms with Gasteiger partial charge in [0.25, 0.3) is 0 Å². The molecule has 21 heavy (non-hydrogen) atoms. The minimum absolute atomic E-state index is 0.0522. The molecule has 1 heterocycles. The Bertz CT molecular complexity index is 603. The first-order valence-electron chi connectivity index (χ1n) is 6.92. The van der Waals surface area contributed by atoms with Crippen molar-refractivity contribution >= 4 is 61.0 Å². The fraction of sp³-hybridized carbons (Fsp3) is 0.467. The minimum Gasteiger partial charge on any atom is -0.274 e. The summed E-state index contributed by atoms with van der Waals surface area (Å²) < 4.78 is 0. The maximum absolute atomic E-state index is 12.8. The molecule has 0 aromatic heterocycles.